The Labute approximate surface area is 186 Å². The summed E-state index contributed by atoms with van der Waals surface area (Å²) in [5.41, 5.74) is 3.06. The lowest BCUT2D eigenvalue weighted by atomic mass is 10.0. The van der Waals surface area contributed by atoms with Crippen LogP contribution in [0.15, 0.2) is 53.3 Å². The van der Waals surface area contributed by atoms with Gasteiger partial charge in [0.15, 0.2) is 0 Å². The predicted molar refractivity (Wildman–Crippen MR) is 124 cm³/mol. The molecule has 1 aliphatic heterocycles. The van der Waals surface area contributed by atoms with Gasteiger partial charge >= 0.3 is 5.97 Å². The number of carbonyl (C=O) groups excluding carboxylic acids is 2. The van der Waals surface area contributed by atoms with Gasteiger partial charge in [-0.25, -0.2) is 4.79 Å². The van der Waals surface area contributed by atoms with Crippen LogP contribution < -0.4 is 10.5 Å². The first-order valence-electron chi connectivity index (χ1n) is 10.9. The van der Waals surface area contributed by atoms with Gasteiger partial charge in [-0.1, -0.05) is 42.0 Å². The van der Waals surface area contributed by atoms with Crippen molar-refractivity contribution in [3.63, 3.8) is 0 Å². The molecule has 1 saturated heterocycles. The first-order valence-corrected chi connectivity index (χ1v) is 10.9. The summed E-state index contributed by atoms with van der Waals surface area (Å²) in [6.07, 6.45) is 0.837. The summed E-state index contributed by atoms with van der Waals surface area (Å²) in [6, 6.07) is 15.6. The highest BCUT2D eigenvalue weighted by atomic mass is 16.5. The van der Waals surface area contributed by atoms with Crippen molar-refractivity contribution in [3.05, 3.63) is 75.6 Å². The van der Waals surface area contributed by atoms with Crippen molar-refractivity contribution in [1.29, 1.82) is 0 Å². The van der Waals surface area contributed by atoms with Gasteiger partial charge in [-0.3, -0.25) is 9.59 Å². The Morgan fingerprint density at radius 3 is 2.44 bits per heavy atom. The van der Waals surface area contributed by atoms with E-state index in [9.17, 15) is 14.4 Å². The third-order valence-corrected chi connectivity index (χ3v) is 5.84. The van der Waals surface area contributed by atoms with Crippen molar-refractivity contribution in [3.8, 4) is 0 Å². The minimum atomic E-state index is -0.615. The highest BCUT2D eigenvalue weighted by Crippen LogP contribution is 2.31. The number of carbonyl (C=O) groups is 2. The first-order chi connectivity index (χ1) is 15.5. The average Bonchev–Trinajstić information content (AvgIpc) is 2.81. The number of piperazine rings is 1. The summed E-state index contributed by atoms with van der Waals surface area (Å²) in [6.45, 7) is 6.40. The highest BCUT2D eigenvalue weighted by Gasteiger charge is 2.29. The van der Waals surface area contributed by atoms with Crippen molar-refractivity contribution in [2.75, 3.05) is 37.7 Å². The van der Waals surface area contributed by atoms with E-state index in [0.29, 0.717) is 38.4 Å². The first kappa shape index (κ1) is 21.6. The maximum atomic E-state index is 13.7. The number of fused-ring (bicyclic) bond motifs is 1. The van der Waals surface area contributed by atoms with Crippen molar-refractivity contribution in [2.45, 2.75) is 20.4 Å². The van der Waals surface area contributed by atoms with Crippen molar-refractivity contribution in [1.82, 2.24) is 9.47 Å². The van der Waals surface area contributed by atoms with Crippen molar-refractivity contribution >= 4 is 29.0 Å². The van der Waals surface area contributed by atoms with Crippen LogP contribution in [-0.2, 0) is 16.1 Å². The summed E-state index contributed by atoms with van der Waals surface area (Å²) in [7, 11) is 0. The largest absolute Gasteiger partial charge is 0.462 e. The number of anilines is 1. The molecule has 0 bridgehead atoms. The molecule has 3 aromatic rings. The number of aryl methyl sites for hydroxylation is 1. The van der Waals surface area contributed by atoms with Crippen LogP contribution in [0.25, 0.3) is 10.9 Å². The normalized spacial score (nSPS) is 13.9. The van der Waals surface area contributed by atoms with E-state index in [2.05, 4.69) is 0 Å². The Morgan fingerprint density at radius 1 is 1.06 bits per heavy atom. The van der Waals surface area contributed by atoms with Crippen molar-refractivity contribution in [2.24, 2.45) is 0 Å². The fourth-order valence-corrected chi connectivity index (χ4v) is 4.24. The smallest absolute Gasteiger partial charge is 0.345 e. The maximum absolute atomic E-state index is 13.7. The maximum Gasteiger partial charge on any atom is 0.345 e. The zero-order valence-electron chi connectivity index (χ0n) is 18.4. The van der Waals surface area contributed by atoms with Gasteiger partial charge in [-0.15, -0.1) is 0 Å². The van der Waals surface area contributed by atoms with Crippen LogP contribution in [0.4, 0.5) is 5.69 Å². The summed E-state index contributed by atoms with van der Waals surface area (Å²) < 4.78 is 6.98. The molecular weight excluding hydrogens is 406 g/mol. The molecule has 166 valence electrons. The molecule has 1 aromatic heterocycles. The molecule has 4 rings (SSSR count). The Hall–Kier alpha value is -3.61. The van der Waals surface area contributed by atoms with Gasteiger partial charge in [-0.2, -0.15) is 0 Å². The van der Waals surface area contributed by atoms with Gasteiger partial charge in [0.25, 0.3) is 5.56 Å². The molecule has 32 heavy (non-hydrogen) atoms. The molecule has 0 unspecified atom stereocenters. The predicted octanol–water partition coefficient (Wildman–Crippen LogP) is 2.81. The molecule has 0 aliphatic carbocycles. The van der Waals surface area contributed by atoms with Crippen LogP contribution >= 0.6 is 0 Å². The third-order valence-electron chi connectivity index (χ3n) is 5.84. The number of hydrogen-bond acceptors (Lipinski definition) is 5. The Balaban J connectivity index is 1.96. The molecule has 7 nitrogen and oxygen atoms in total. The fourth-order valence-electron chi connectivity index (χ4n) is 4.24. The molecule has 0 atom stereocenters. The highest BCUT2D eigenvalue weighted by molar-refractivity contribution is 6.05. The molecule has 1 amide bonds. The second-order valence-electron chi connectivity index (χ2n) is 7.97. The molecule has 0 radical (unpaired) electrons. The monoisotopic (exact) mass is 433 g/mol. The fraction of sp³-hybridized carbons (Fsp3) is 0.320. The van der Waals surface area contributed by atoms with Crippen LogP contribution in [0.3, 0.4) is 0 Å². The van der Waals surface area contributed by atoms with E-state index in [0.717, 1.165) is 28.4 Å². The summed E-state index contributed by atoms with van der Waals surface area (Å²) in [4.78, 5) is 41.7. The van der Waals surface area contributed by atoms with Crippen LogP contribution in [0.2, 0.25) is 0 Å². The second kappa shape index (κ2) is 9.26. The minimum Gasteiger partial charge on any atom is -0.462 e. The SMILES string of the molecule is CCOC(=O)c1c(N2CCN(C=O)CC2)c2cc(C)ccc2n(Cc2ccccc2)c1=O. The lowest BCUT2D eigenvalue weighted by Gasteiger charge is -2.35. The minimum absolute atomic E-state index is 0.0560. The van der Waals surface area contributed by atoms with E-state index >= 15 is 0 Å². The number of benzene rings is 2. The lowest BCUT2D eigenvalue weighted by Crippen LogP contribution is -2.47. The van der Waals surface area contributed by atoms with E-state index in [1.807, 2.05) is 60.4 Å². The number of hydrogen-bond donors (Lipinski definition) is 0. The van der Waals surface area contributed by atoms with Crippen molar-refractivity contribution < 1.29 is 14.3 Å². The molecule has 7 heteroatoms. The van der Waals surface area contributed by atoms with Gasteiger partial charge in [0.2, 0.25) is 6.41 Å². The van der Waals surface area contributed by atoms with Crippen LogP contribution in [0.5, 0.6) is 0 Å². The Morgan fingerprint density at radius 2 is 1.78 bits per heavy atom. The van der Waals surface area contributed by atoms with E-state index < -0.39 is 5.97 Å². The number of nitrogens with zero attached hydrogens (tertiary/aromatic N) is 3. The van der Waals surface area contributed by atoms with Gasteiger partial charge in [0.1, 0.15) is 5.56 Å². The standard InChI is InChI=1S/C25H27N3O4/c1-3-32-25(31)22-23(27-13-11-26(17-29)12-14-27)20-15-18(2)9-10-21(20)28(24(22)30)16-19-7-5-4-6-8-19/h4-10,15,17H,3,11-14,16H2,1-2H3. The van der Waals surface area contributed by atoms with Gasteiger partial charge in [0, 0.05) is 31.6 Å². The van der Waals surface area contributed by atoms with Crippen LogP contribution in [0.1, 0.15) is 28.4 Å². The molecule has 1 fully saturated rings. The quantitative estimate of drug-likeness (QED) is 0.442. The lowest BCUT2D eigenvalue weighted by molar-refractivity contribution is -0.118. The molecule has 1 aliphatic rings. The van der Waals surface area contributed by atoms with E-state index in [1.165, 1.54) is 0 Å². The number of rotatable bonds is 6. The molecule has 0 spiro atoms. The van der Waals surface area contributed by atoms with E-state index in [4.69, 9.17) is 4.74 Å². The molecule has 2 heterocycles. The molecular formula is C25H27N3O4. The van der Waals surface area contributed by atoms with Gasteiger partial charge < -0.3 is 19.1 Å². The number of aromatic nitrogens is 1. The molecule has 0 saturated carbocycles. The second-order valence-corrected chi connectivity index (χ2v) is 7.97. The molecule has 0 N–H and O–H groups in total. The van der Waals surface area contributed by atoms with E-state index in [1.54, 1.807) is 16.4 Å². The summed E-state index contributed by atoms with van der Waals surface area (Å²) in [5.74, 6) is -0.615. The van der Waals surface area contributed by atoms with Gasteiger partial charge in [-0.05, 0) is 31.5 Å². The Bertz CT molecular complexity index is 1200. The number of esters is 1. The average molecular weight is 434 g/mol. The number of pyridine rings is 1. The zero-order valence-corrected chi connectivity index (χ0v) is 18.4. The van der Waals surface area contributed by atoms with E-state index in [-0.39, 0.29) is 17.7 Å². The molecule has 2 aromatic carbocycles. The Kier molecular flexibility index (Phi) is 6.25. The third kappa shape index (κ3) is 4.10. The topological polar surface area (TPSA) is 71.8 Å². The van der Waals surface area contributed by atoms with Gasteiger partial charge in [0.05, 0.1) is 24.4 Å². The van der Waals surface area contributed by atoms with Crippen LogP contribution in [0, 0.1) is 6.92 Å². The summed E-state index contributed by atoms with van der Waals surface area (Å²) in [5, 5.41) is 0.836. The zero-order chi connectivity index (χ0) is 22.7. The number of ether oxygens (including phenoxy) is 1. The van der Waals surface area contributed by atoms with Crippen LogP contribution in [-0.4, -0.2) is 54.6 Å². The number of amides is 1. The summed E-state index contributed by atoms with van der Waals surface area (Å²) >= 11 is 0.